The first-order valence-corrected chi connectivity index (χ1v) is 8.12. The SMILES string of the molecule is CCC[SiH](CCC)c1ccccc1Cl. The standard InChI is InChI=1S/C12H19ClSi/c1-3-9-14(10-4-2)12-8-6-5-7-11(12)13/h5-8,14H,3-4,9-10H2,1-2H3. The van der Waals surface area contributed by atoms with Gasteiger partial charge in [0.2, 0.25) is 0 Å². The van der Waals surface area contributed by atoms with E-state index in [2.05, 4.69) is 26.0 Å². The largest absolute Gasteiger partial charge is 0.0845 e. The first-order valence-electron chi connectivity index (χ1n) is 5.54. The Bertz CT molecular complexity index is 267. The van der Waals surface area contributed by atoms with Gasteiger partial charge in [-0.15, -0.1) is 0 Å². The molecule has 0 saturated heterocycles. The molecule has 78 valence electrons. The second-order valence-electron chi connectivity index (χ2n) is 3.80. The summed E-state index contributed by atoms with van der Waals surface area (Å²) in [6.45, 7) is 4.54. The summed E-state index contributed by atoms with van der Waals surface area (Å²) in [4.78, 5) is 0. The van der Waals surface area contributed by atoms with Crippen molar-refractivity contribution in [3.63, 3.8) is 0 Å². The molecule has 0 nitrogen and oxygen atoms in total. The van der Waals surface area contributed by atoms with Gasteiger partial charge in [-0.1, -0.05) is 68.6 Å². The Balaban J connectivity index is 2.81. The summed E-state index contributed by atoms with van der Waals surface area (Å²) >= 11 is 6.23. The van der Waals surface area contributed by atoms with Crippen LogP contribution in [0.3, 0.4) is 0 Å². The van der Waals surface area contributed by atoms with Crippen LogP contribution >= 0.6 is 11.6 Å². The van der Waals surface area contributed by atoms with Crippen LogP contribution in [-0.4, -0.2) is 8.80 Å². The van der Waals surface area contributed by atoms with Crippen molar-refractivity contribution < 1.29 is 0 Å². The molecule has 0 heterocycles. The lowest BCUT2D eigenvalue weighted by Crippen LogP contribution is -2.30. The molecule has 0 aliphatic carbocycles. The fourth-order valence-electron chi connectivity index (χ4n) is 1.96. The highest BCUT2D eigenvalue weighted by atomic mass is 35.5. The van der Waals surface area contributed by atoms with Gasteiger partial charge in [0, 0.05) is 5.02 Å². The molecule has 0 aliphatic heterocycles. The minimum atomic E-state index is -0.763. The molecule has 0 N–H and O–H groups in total. The average molecular weight is 227 g/mol. The van der Waals surface area contributed by atoms with Gasteiger partial charge in [0.1, 0.15) is 0 Å². The molecule has 1 aromatic carbocycles. The topological polar surface area (TPSA) is 0 Å². The smallest absolute Gasteiger partial charge is 0.0727 e. The highest BCUT2D eigenvalue weighted by Crippen LogP contribution is 2.12. The summed E-state index contributed by atoms with van der Waals surface area (Å²) in [5, 5.41) is 2.46. The fraction of sp³-hybridized carbons (Fsp3) is 0.500. The number of halogens is 1. The van der Waals surface area contributed by atoms with Gasteiger partial charge in [-0.2, -0.15) is 0 Å². The van der Waals surface area contributed by atoms with Crippen LogP contribution in [0.15, 0.2) is 24.3 Å². The van der Waals surface area contributed by atoms with Crippen LogP contribution in [0.5, 0.6) is 0 Å². The van der Waals surface area contributed by atoms with Gasteiger partial charge < -0.3 is 0 Å². The molecule has 0 amide bonds. The third kappa shape index (κ3) is 3.14. The Kier molecular flexibility index (Phi) is 5.27. The quantitative estimate of drug-likeness (QED) is 0.674. The normalized spacial score (nSPS) is 10.9. The maximum atomic E-state index is 6.23. The van der Waals surface area contributed by atoms with Crippen LogP contribution in [0.1, 0.15) is 26.7 Å². The average Bonchev–Trinajstić information content (AvgIpc) is 2.18. The summed E-state index contributed by atoms with van der Waals surface area (Å²) < 4.78 is 0. The van der Waals surface area contributed by atoms with Gasteiger partial charge in [-0.25, -0.2) is 0 Å². The minimum absolute atomic E-state index is 0.763. The van der Waals surface area contributed by atoms with Gasteiger partial charge in [-0.05, 0) is 11.3 Å². The van der Waals surface area contributed by atoms with Crippen LogP contribution < -0.4 is 5.19 Å². The number of benzene rings is 1. The molecular weight excluding hydrogens is 208 g/mol. The van der Waals surface area contributed by atoms with Gasteiger partial charge in [0.05, 0.1) is 8.80 Å². The zero-order valence-electron chi connectivity index (χ0n) is 9.09. The van der Waals surface area contributed by atoms with E-state index in [-0.39, 0.29) is 0 Å². The zero-order chi connectivity index (χ0) is 10.4. The molecule has 2 heteroatoms. The lowest BCUT2D eigenvalue weighted by Gasteiger charge is -2.15. The van der Waals surface area contributed by atoms with Crippen molar-refractivity contribution in [1.82, 2.24) is 0 Å². The highest BCUT2D eigenvalue weighted by Gasteiger charge is 2.13. The third-order valence-corrected chi connectivity index (χ3v) is 7.08. The molecule has 0 saturated carbocycles. The summed E-state index contributed by atoms with van der Waals surface area (Å²) in [6, 6.07) is 11.2. The predicted molar refractivity (Wildman–Crippen MR) is 68.4 cm³/mol. The van der Waals surface area contributed by atoms with E-state index in [1.165, 1.54) is 30.1 Å². The van der Waals surface area contributed by atoms with Crippen molar-refractivity contribution in [2.24, 2.45) is 0 Å². The molecule has 0 bridgehead atoms. The molecule has 0 fully saturated rings. The van der Waals surface area contributed by atoms with E-state index < -0.39 is 8.80 Å². The van der Waals surface area contributed by atoms with Crippen molar-refractivity contribution >= 4 is 25.6 Å². The van der Waals surface area contributed by atoms with Crippen LogP contribution in [0.25, 0.3) is 0 Å². The van der Waals surface area contributed by atoms with Crippen molar-refractivity contribution in [2.45, 2.75) is 38.8 Å². The monoisotopic (exact) mass is 226 g/mol. The molecule has 1 rings (SSSR count). The van der Waals surface area contributed by atoms with Gasteiger partial charge >= 0.3 is 0 Å². The maximum absolute atomic E-state index is 6.23. The Morgan fingerprint density at radius 1 is 1.07 bits per heavy atom. The Labute approximate surface area is 93.9 Å². The van der Waals surface area contributed by atoms with E-state index in [1.807, 2.05) is 12.1 Å². The molecule has 0 spiro atoms. The number of hydrogen-bond donors (Lipinski definition) is 0. The first-order chi connectivity index (χ1) is 6.79. The second-order valence-corrected chi connectivity index (χ2v) is 7.37. The van der Waals surface area contributed by atoms with E-state index in [1.54, 1.807) is 0 Å². The second kappa shape index (κ2) is 6.26. The number of rotatable bonds is 5. The molecule has 1 aromatic rings. The molecule has 0 atom stereocenters. The van der Waals surface area contributed by atoms with Crippen molar-refractivity contribution in [2.75, 3.05) is 0 Å². The van der Waals surface area contributed by atoms with Crippen LogP contribution in [0.2, 0.25) is 17.1 Å². The molecule has 14 heavy (non-hydrogen) atoms. The van der Waals surface area contributed by atoms with Gasteiger partial charge in [-0.3, -0.25) is 0 Å². The van der Waals surface area contributed by atoms with E-state index in [4.69, 9.17) is 11.6 Å². The Hall–Kier alpha value is -0.273. The van der Waals surface area contributed by atoms with Crippen LogP contribution in [-0.2, 0) is 0 Å². The van der Waals surface area contributed by atoms with E-state index in [9.17, 15) is 0 Å². The maximum Gasteiger partial charge on any atom is 0.0727 e. The zero-order valence-corrected chi connectivity index (χ0v) is 11.0. The lowest BCUT2D eigenvalue weighted by molar-refractivity contribution is 1.01. The molecule has 0 aromatic heterocycles. The van der Waals surface area contributed by atoms with Crippen molar-refractivity contribution in [3.05, 3.63) is 29.3 Å². The summed E-state index contributed by atoms with van der Waals surface area (Å²) in [6.07, 6.45) is 2.59. The molecule has 0 radical (unpaired) electrons. The third-order valence-electron chi connectivity index (χ3n) is 2.62. The Morgan fingerprint density at radius 3 is 2.14 bits per heavy atom. The molecule has 0 aliphatic rings. The van der Waals surface area contributed by atoms with E-state index in [0.29, 0.717) is 0 Å². The van der Waals surface area contributed by atoms with Crippen LogP contribution in [0, 0.1) is 0 Å². The number of hydrogen-bond acceptors (Lipinski definition) is 0. The summed E-state index contributed by atoms with van der Waals surface area (Å²) in [5.41, 5.74) is 0. The molecule has 0 unspecified atom stereocenters. The lowest BCUT2D eigenvalue weighted by atomic mass is 10.4. The van der Waals surface area contributed by atoms with Crippen molar-refractivity contribution in [3.8, 4) is 0 Å². The fourth-order valence-corrected chi connectivity index (χ4v) is 5.73. The molecular formula is C12H19ClSi. The van der Waals surface area contributed by atoms with Gasteiger partial charge in [0.25, 0.3) is 0 Å². The highest BCUT2D eigenvalue weighted by molar-refractivity contribution is 6.75. The van der Waals surface area contributed by atoms with E-state index >= 15 is 0 Å². The summed E-state index contributed by atoms with van der Waals surface area (Å²) in [7, 11) is -0.763. The van der Waals surface area contributed by atoms with Crippen molar-refractivity contribution in [1.29, 1.82) is 0 Å². The minimum Gasteiger partial charge on any atom is -0.0845 e. The Morgan fingerprint density at radius 2 is 1.64 bits per heavy atom. The first kappa shape index (κ1) is 11.8. The summed E-state index contributed by atoms with van der Waals surface area (Å²) in [5.74, 6) is 0. The van der Waals surface area contributed by atoms with Crippen LogP contribution in [0.4, 0.5) is 0 Å². The van der Waals surface area contributed by atoms with E-state index in [0.717, 1.165) is 5.02 Å². The predicted octanol–water partition coefficient (Wildman–Crippen LogP) is 3.59. The van der Waals surface area contributed by atoms with Gasteiger partial charge in [0.15, 0.2) is 0 Å².